The quantitative estimate of drug-likeness (QED) is 0.669. The van der Waals surface area contributed by atoms with Crippen molar-refractivity contribution in [2.45, 2.75) is 19.9 Å². The van der Waals surface area contributed by atoms with Crippen molar-refractivity contribution < 1.29 is 0 Å². The van der Waals surface area contributed by atoms with Gasteiger partial charge in [0.2, 0.25) is 0 Å². The van der Waals surface area contributed by atoms with Crippen molar-refractivity contribution >= 4 is 52.1 Å². The third kappa shape index (κ3) is 3.32. The van der Waals surface area contributed by atoms with E-state index in [0.717, 1.165) is 16.8 Å². The molecule has 0 aliphatic heterocycles. The van der Waals surface area contributed by atoms with Gasteiger partial charge in [-0.3, -0.25) is 0 Å². The van der Waals surface area contributed by atoms with Crippen LogP contribution in [0, 0.1) is 6.92 Å². The second-order valence-electron chi connectivity index (χ2n) is 4.44. The molecule has 0 fully saturated rings. The molecule has 1 unspecified atom stereocenters. The van der Waals surface area contributed by atoms with E-state index >= 15 is 0 Å². The van der Waals surface area contributed by atoms with Gasteiger partial charge in [0, 0.05) is 0 Å². The largest absolute Gasteiger partial charge is 0.376 e. The molecule has 0 aliphatic carbocycles. The fourth-order valence-electron chi connectivity index (χ4n) is 1.92. The Morgan fingerprint density at radius 1 is 1.15 bits per heavy atom. The van der Waals surface area contributed by atoms with Crippen molar-refractivity contribution in [2.75, 3.05) is 5.32 Å². The van der Waals surface area contributed by atoms with Crippen LogP contribution in [-0.2, 0) is 0 Å². The summed E-state index contributed by atoms with van der Waals surface area (Å²) in [7, 11) is 0. The van der Waals surface area contributed by atoms with Crippen LogP contribution in [0.15, 0.2) is 24.3 Å². The number of nitrogens with one attached hydrogen (secondary N) is 1. The van der Waals surface area contributed by atoms with Gasteiger partial charge in [0.15, 0.2) is 5.15 Å². The lowest BCUT2D eigenvalue weighted by Gasteiger charge is -2.19. The number of hydrogen-bond donors (Lipinski definition) is 1. The van der Waals surface area contributed by atoms with E-state index in [-0.39, 0.29) is 6.04 Å². The number of benzene rings is 1. The molecule has 0 radical (unpaired) electrons. The molecule has 0 saturated heterocycles. The Kier molecular flexibility index (Phi) is 5.03. The Morgan fingerprint density at radius 3 is 2.50 bits per heavy atom. The maximum atomic E-state index is 6.22. The van der Waals surface area contributed by atoms with Crippen LogP contribution in [0.4, 0.5) is 5.69 Å². The lowest BCUT2D eigenvalue weighted by molar-refractivity contribution is 0.881. The summed E-state index contributed by atoms with van der Waals surface area (Å²) < 4.78 is 0. The first kappa shape index (κ1) is 15.7. The summed E-state index contributed by atoms with van der Waals surface area (Å²) in [6.07, 6.45) is 0. The Balaban J connectivity index is 2.33. The van der Waals surface area contributed by atoms with Crippen molar-refractivity contribution in [2.24, 2.45) is 0 Å². The summed E-state index contributed by atoms with van der Waals surface area (Å²) in [5, 5.41) is 5.05. The van der Waals surface area contributed by atoms with Crippen molar-refractivity contribution in [1.82, 2.24) is 4.98 Å². The zero-order valence-corrected chi connectivity index (χ0v) is 13.9. The third-order valence-electron chi connectivity index (χ3n) is 2.95. The fourth-order valence-corrected chi connectivity index (χ4v) is 2.98. The Morgan fingerprint density at radius 2 is 1.85 bits per heavy atom. The van der Waals surface area contributed by atoms with Crippen molar-refractivity contribution in [3.63, 3.8) is 0 Å². The highest BCUT2D eigenvalue weighted by molar-refractivity contribution is 6.42. The van der Waals surface area contributed by atoms with Gasteiger partial charge in [-0.25, -0.2) is 4.98 Å². The molecular formula is C14H12Cl4N2. The number of nitrogens with zero attached hydrogens (tertiary/aromatic N) is 1. The van der Waals surface area contributed by atoms with E-state index in [4.69, 9.17) is 46.4 Å². The monoisotopic (exact) mass is 348 g/mol. The van der Waals surface area contributed by atoms with Gasteiger partial charge in [-0.2, -0.15) is 0 Å². The topological polar surface area (TPSA) is 24.9 Å². The van der Waals surface area contributed by atoms with Crippen LogP contribution in [0.5, 0.6) is 0 Å². The van der Waals surface area contributed by atoms with Gasteiger partial charge in [0.1, 0.15) is 5.15 Å². The highest BCUT2D eigenvalue weighted by Crippen LogP contribution is 2.34. The van der Waals surface area contributed by atoms with Crippen LogP contribution in [0.1, 0.15) is 24.1 Å². The van der Waals surface area contributed by atoms with Gasteiger partial charge in [0.05, 0.1) is 21.8 Å². The molecule has 1 aromatic heterocycles. The van der Waals surface area contributed by atoms with Crippen LogP contribution < -0.4 is 5.32 Å². The summed E-state index contributed by atoms with van der Waals surface area (Å²) in [4.78, 5) is 4.03. The van der Waals surface area contributed by atoms with E-state index in [1.807, 2.05) is 26.0 Å². The molecule has 2 nitrogen and oxygen atoms in total. The molecule has 6 heteroatoms. The summed E-state index contributed by atoms with van der Waals surface area (Å²) in [5.41, 5.74) is 2.55. The number of pyridine rings is 1. The molecule has 1 N–H and O–H groups in total. The predicted molar refractivity (Wildman–Crippen MR) is 87.5 cm³/mol. The second-order valence-corrected chi connectivity index (χ2v) is 5.97. The van der Waals surface area contributed by atoms with E-state index in [0.29, 0.717) is 20.4 Å². The van der Waals surface area contributed by atoms with Gasteiger partial charge in [0.25, 0.3) is 0 Å². The average molecular weight is 350 g/mol. The highest BCUT2D eigenvalue weighted by Gasteiger charge is 2.15. The lowest BCUT2D eigenvalue weighted by atomic mass is 10.1. The molecule has 20 heavy (non-hydrogen) atoms. The minimum Gasteiger partial charge on any atom is -0.376 e. The summed E-state index contributed by atoms with van der Waals surface area (Å²) in [6, 6.07) is 7.21. The lowest BCUT2D eigenvalue weighted by Crippen LogP contribution is -2.09. The molecule has 2 rings (SSSR count). The van der Waals surface area contributed by atoms with Gasteiger partial charge in [-0.05, 0) is 37.1 Å². The fraction of sp³-hybridized carbons (Fsp3) is 0.214. The molecule has 106 valence electrons. The number of aromatic nitrogens is 1. The van der Waals surface area contributed by atoms with E-state index in [1.54, 1.807) is 12.1 Å². The third-order valence-corrected chi connectivity index (χ3v) is 4.25. The van der Waals surface area contributed by atoms with E-state index in [2.05, 4.69) is 10.3 Å². The maximum Gasteiger partial charge on any atom is 0.154 e. The van der Waals surface area contributed by atoms with E-state index < -0.39 is 0 Å². The summed E-state index contributed by atoms with van der Waals surface area (Å²) in [5.74, 6) is 0. The van der Waals surface area contributed by atoms with Crippen LogP contribution in [0.2, 0.25) is 20.4 Å². The minimum atomic E-state index is -0.0691. The SMILES string of the molecule is Cc1cc(Cl)nc(Cl)c1NC(C)c1cccc(Cl)c1Cl. The standard InChI is InChI=1S/C14H12Cl4N2/c1-7-6-11(16)20-14(18)13(7)19-8(2)9-4-3-5-10(15)12(9)17/h3-6,8,19H,1-2H3. The van der Waals surface area contributed by atoms with Gasteiger partial charge < -0.3 is 5.32 Å². The Labute approximate surface area is 138 Å². The second kappa shape index (κ2) is 6.40. The molecule has 0 aliphatic rings. The first-order valence-corrected chi connectivity index (χ1v) is 7.44. The number of anilines is 1. The molecular weight excluding hydrogens is 338 g/mol. The molecule has 0 bridgehead atoms. The Hall–Kier alpha value is -0.670. The maximum absolute atomic E-state index is 6.22. The predicted octanol–water partition coefficient (Wildman–Crippen LogP) is 6.18. The first-order chi connectivity index (χ1) is 9.40. The smallest absolute Gasteiger partial charge is 0.154 e. The van der Waals surface area contributed by atoms with Crippen molar-refractivity contribution in [3.05, 3.63) is 55.7 Å². The van der Waals surface area contributed by atoms with E-state index in [9.17, 15) is 0 Å². The Bertz CT molecular complexity index is 620. The first-order valence-electron chi connectivity index (χ1n) is 5.93. The van der Waals surface area contributed by atoms with Crippen LogP contribution in [-0.4, -0.2) is 4.98 Å². The van der Waals surface area contributed by atoms with Crippen molar-refractivity contribution in [3.8, 4) is 0 Å². The normalized spacial score (nSPS) is 12.3. The van der Waals surface area contributed by atoms with Gasteiger partial charge in [-0.15, -0.1) is 0 Å². The average Bonchev–Trinajstić information content (AvgIpc) is 2.36. The molecule has 1 aromatic carbocycles. The van der Waals surface area contributed by atoms with Crippen molar-refractivity contribution in [1.29, 1.82) is 0 Å². The molecule has 0 amide bonds. The number of rotatable bonds is 3. The van der Waals surface area contributed by atoms with Crippen LogP contribution in [0.25, 0.3) is 0 Å². The molecule has 1 atom stereocenters. The minimum absolute atomic E-state index is 0.0691. The number of aryl methyl sites for hydroxylation is 1. The number of hydrogen-bond acceptors (Lipinski definition) is 2. The highest BCUT2D eigenvalue weighted by atomic mass is 35.5. The van der Waals surface area contributed by atoms with Gasteiger partial charge in [-0.1, -0.05) is 58.5 Å². The van der Waals surface area contributed by atoms with Crippen LogP contribution >= 0.6 is 46.4 Å². The van der Waals surface area contributed by atoms with Crippen LogP contribution in [0.3, 0.4) is 0 Å². The van der Waals surface area contributed by atoms with E-state index in [1.165, 1.54) is 0 Å². The molecule has 1 heterocycles. The zero-order chi connectivity index (χ0) is 14.9. The zero-order valence-electron chi connectivity index (χ0n) is 10.8. The summed E-state index contributed by atoms with van der Waals surface area (Å²) >= 11 is 24.2. The molecule has 0 spiro atoms. The van der Waals surface area contributed by atoms with Gasteiger partial charge >= 0.3 is 0 Å². The number of halogens is 4. The summed E-state index contributed by atoms with van der Waals surface area (Å²) in [6.45, 7) is 3.88. The molecule has 0 saturated carbocycles. The molecule has 2 aromatic rings.